The molecule has 5 heteroatoms. The molecule has 3 aliphatic rings. The maximum absolute atomic E-state index is 12.8. The zero-order valence-corrected chi connectivity index (χ0v) is 18.9. The van der Waals surface area contributed by atoms with Gasteiger partial charge in [-0.1, -0.05) is 32.1 Å². The second-order valence-corrected chi connectivity index (χ2v) is 10.7. The molecule has 0 aromatic heterocycles. The second-order valence-electron chi connectivity index (χ2n) is 10.7. The van der Waals surface area contributed by atoms with Gasteiger partial charge in [-0.15, -0.1) is 0 Å². The first kappa shape index (κ1) is 22.4. The number of alkyl carbamates (subject to hydrolysis) is 1. The van der Waals surface area contributed by atoms with Crippen LogP contribution in [-0.4, -0.2) is 42.1 Å². The summed E-state index contributed by atoms with van der Waals surface area (Å²) in [7, 11) is 0. The molecule has 0 bridgehead atoms. The van der Waals surface area contributed by atoms with E-state index in [1.165, 1.54) is 44.9 Å². The zero-order chi connectivity index (χ0) is 20.9. The van der Waals surface area contributed by atoms with Crippen molar-refractivity contribution in [3.05, 3.63) is 0 Å². The summed E-state index contributed by atoms with van der Waals surface area (Å²) in [6.45, 7) is 8.33. The molecular weight excluding hydrogens is 364 g/mol. The normalized spacial score (nSPS) is 27.5. The highest BCUT2D eigenvalue weighted by molar-refractivity contribution is 5.79. The highest BCUT2D eigenvalue weighted by atomic mass is 16.6. The van der Waals surface area contributed by atoms with Gasteiger partial charge >= 0.3 is 6.09 Å². The summed E-state index contributed by atoms with van der Waals surface area (Å²) in [4.78, 5) is 26.9. The van der Waals surface area contributed by atoms with Crippen LogP contribution in [0.25, 0.3) is 0 Å². The molecule has 2 aliphatic carbocycles. The van der Waals surface area contributed by atoms with E-state index in [1.807, 2.05) is 20.8 Å². The van der Waals surface area contributed by atoms with Gasteiger partial charge in [-0.3, -0.25) is 4.79 Å². The number of nitrogens with one attached hydrogen (secondary N) is 1. The molecule has 29 heavy (non-hydrogen) atoms. The molecule has 0 spiro atoms. The van der Waals surface area contributed by atoms with Gasteiger partial charge in [0.25, 0.3) is 0 Å². The first-order valence-electron chi connectivity index (χ1n) is 12.1. The maximum Gasteiger partial charge on any atom is 0.407 e. The Labute approximate surface area is 177 Å². The van der Waals surface area contributed by atoms with E-state index in [0.717, 1.165) is 57.2 Å². The van der Waals surface area contributed by atoms with Crippen LogP contribution in [0.3, 0.4) is 0 Å². The van der Waals surface area contributed by atoms with Crippen LogP contribution in [0.15, 0.2) is 0 Å². The quantitative estimate of drug-likeness (QED) is 0.703. The van der Waals surface area contributed by atoms with E-state index in [1.54, 1.807) is 0 Å². The largest absolute Gasteiger partial charge is 0.444 e. The van der Waals surface area contributed by atoms with Gasteiger partial charge in [0.05, 0.1) is 0 Å². The lowest BCUT2D eigenvalue weighted by molar-refractivity contribution is -0.138. The first-order valence-corrected chi connectivity index (χ1v) is 12.1. The van der Waals surface area contributed by atoms with Crippen LogP contribution in [0.1, 0.15) is 91.4 Å². The van der Waals surface area contributed by atoms with Crippen LogP contribution in [-0.2, 0) is 9.53 Å². The van der Waals surface area contributed by atoms with Crippen LogP contribution in [0.4, 0.5) is 4.79 Å². The van der Waals surface area contributed by atoms with Crippen LogP contribution in [0, 0.1) is 23.7 Å². The number of hydrogen-bond acceptors (Lipinski definition) is 3. The summed E-state index contributed by atoms with van der Waals surface area (Å²) < 4.78 is 5.37. The Morgan fingerprint density at radius 1 is 0.897 bits per heavy atom. The van der Waals surface area contributed by atoms with Crippen molar-refractivity contribution in [3.8, 4) is 0 Å². The number of amides is 2. The summed E-state index contributed by atoms with van der Waals surface area (Å²) in [6, 6.07) is 0. The van der Waals surface area contributed by atoms with E-state index in [4.69, 9.17) is 4.74 Å². The molecule has 5 nitrogen and oxygen atoms in total. The Morgan fingerprint density at radius 3 is 2.24 bits per heavy atom. The number of carbonyl (C=O) groups excluding carboxylic acids is 2. The van der Waals surface area contributed by atoms with Gasteiger partial charge in [0, 0.05) is 25.6 Å². The van der Waals surface area contributed by atoms with Gasteiger partial charge in [0.1, 0.15) is 5.60 Å². The van der Waals surface area contributed by atoms with E-state index >= 15 is 0 Å². The molecule has 1 saturated heterocycles. The Morgan fingerprint density at radius 2 is 1.59 bits per heavy atom. The van der Waals surface area contributed by atoms with Gasteiger partial charge in [0.15, 0.2) is 0 Å². The lowest BCUT2D eigenvalue weighted by Crippen LogP contribution is -2.44. The van der Waals surface area contributed by atoms with Crippen molar-refractivity contribution in [3.63, 3.8) is 0 Å². The zero-order valence-electron chi connectivity index (χ0n) is 18.9. The molecule has 1 aliphatic heterocycles. The SMILES string of the molecule is CC(C)(C)OC(=O)NCC1CCCC(C2CCN(C(=O)C3CCCCC3)CC2)C1. The molecular formula is C24H42N2O3. The summed E-state index contributed by atoms with van der Waals surface area (Å²) in [5.41, 5.74) is -0.442. The second kappa shape index (κ2) is 10.2. The summed E-state index contributed by atoms with van der Waals surface area (Å²) in [5, 5.41) is 2.98. The molecule has 2 amide bonds. The van der Waals surface area contributed by atoms with Crippen LogP contribution in [0.5, 0.6) is 0 Å². The van der Waals surface area contributed by atoms with Gasteiger partial charge < -0.3 is 15.0 Å². The average molecular weight is 407 g/mol. The number of hydrogen-bond donors (Lipinski definition) is 1. The van der Waals surface area contributed by atoms with Gasteiger partial charge in [0.2, 0.25) is 5.91 Å². The molecule has 166 valence electrons. The third-order valence-corrected chi connectivity index (χ3v) is 7.23. The number of likely N-dealkylation sites (tertiary alicyclic amines) is 1. The van der Waals surface area contributed by atoms with Crippen molar-refractivity contribution < 1.29 is 14.3 Å². The van der Waals surface area contributed by atoms with Crippen LogP contribution in [0.2, 0.25) is 0 Å². The Hall–Kier alpha value is -1.26. The highest BCUT2D eigenvalue weighted by Gasteiger charge is 2.34. The van der Waals surface area contributed by atoms with E-state index in [-0.39, 0.29) is 6.09 Å². The first-order chi connectivity index (χ1) is 13.8. The van der Waals surface area contributed by atoms with E-state index in [0.29, 0.717) is 17.7 Å². The van der Waals surface area contributed by atoms with Crippen molar-refractivity contribution in [1.29, 1.82) is 0 Å². The Balaban J connectivity index is 1.40. The predicted molar refractivity (Wildman–Crippen MR) is 116 cm³/mol. The lowest BCUT2D eigenvalue weighted by Gasteiger charge is -2.40. The summed E-state index contributed by atoms with van der Waals surface area (Å²) >= 11 is 0. The number of piperidine rings is 1. The minimum atomic E-state index is -0.442. The van der Waals surface area contributed by atoms with Gasteiger partial charge in [-0.05, 0) is 77.0 Å². The molecule has 1 N–H and O–H groups in total. The smallest absolute Gasteiger partial charge is 0.407 e. The van der Waals surface area contributed by atoms with E-state index < -0.39 is 5.60 Å². The lowest BCUT2D eigenvalue weighted by atomic mass is 9.72. The summed E-state index contributed by atoms with van der Waals surface area (Å²) in [5.74, 6) is 2.79. The molecule has 0 aromatic carbocycles. The fraction of sp³-hybridized carbons (Fsp3) is 0.917. The average Bonchev–Trinajstić information content (AvgIpc) is 2.71. The van der Waals surface area contributed by atoms with Gasteiger partial charge in [-0.25, -0.2) is 4.79 Å². The fourth-order valence-corrected chi connectivity index (χ4v) is 5.69. The van der Waals surface area contributed by atoms with Crippen molar-refractivity contribution in [2.45, 2.75) is 97.0 Å². The number of nitrogens with zero attached hydrogens (tertiary/aromatic N) is 1. The third kappa shape index (κ3) is 6.89. The topological polar surface area (TPSA) is 58.6 Å². The molecule has 1 heterocycles. The molecule has 0 radical (unpaired) electrons. The van der Waals surface area contributed by atoms with Gasteiger partial charge in [-0.2, -0.15) is 0 Å². The van der Waals surface area contributed by atoms with Crippen molar-refractivity contribution in [1.82, 2.24) is 10.2 Å². The predicted octanol–water partition coefficient (Wildman–Crippen LogP) is 5.14. The van der Waals surface area contributed by atoms with E-state index in [9.17, 15) is 9.59 Å². The summed E-state index contributed by atoms with van der Waals surface area (Å²) in [6.07, 6.45) is 13.0. The van der Waals surface area contributed by atoms with Crippen molar-refractivity contribution >= 4 is 12.0 Å². The monoisotopic (exact) mass is 406 g/mol. The third-order valence-electron chi connectivity index (χ3n) is 7.23. The van der Waals surface area contributed by atoms with Crippen molar-refractivity contribution in [2.24, 2.45) is 23.7 Å². The maximum atomic E-state index is 12.8. The standard InChI is InChI=1S/C24H42N2O3/c1-24(2,3)29-23(28)25-17-18-8-7-11-21(16-18)19-12-14-26(15-13-19)22(27)20-9-5-4-6-10-20/h18-21H,4-17H2,1-3H3,(H,25,28). The Kier molecular flexibility index (Phi) is 7.86. The van der Waals surface area contributed by atoms with Crippen molar-refractivity contribution in [2.75, 3.05) is 19.6 Å². The minimum absolute atomic E-state index is 0.297. The Bertz CT molecular complexity index is 543. The molecule has 2 atom stereocenters. The van der Waals surface area contributed by atoms with E-state index in [2.05, 4.69) is 10.2 Å². The molecule has 0 aromatic rings. The molecule has 3 fully saturated rings. The molecule has 2 unspecified atom stereocenters. The van der Waals surface area contributed by atoms with Crippen LogP contribution >= 0.6 is 0 Å². The number of carbonyl (C=O) groups is 2. The van der Waals surface area contributed by atoms with Crippen LogP contribution < -0.4 is 5.32 Å². The number of ether oxygens (including phenoxy) is 1. The molecule has 2 saturated carbocycles. The highest BCUT2D eigenvalue weighted by Crippen LogP contribution is 2.38. The molecule has 3 rings (SSSR count). The fourth-order valence-electron chi connectivity index (χ4n) is 5.69. The number of rotatable bonds is 4. The minimum Gasteiger partial charge on any atom is -0.444 e.